The van der Waals surface area contributed by atoms with Crippen molar-refractivity contribution in [1.29, 1.82) is 5.26 Å². The molecule has 2 N–H and O–H groups in total. The molecule has 0 atom stereocenters. The van der Waals surface area contributed by atoms with Crippen LogP contribution in [0.15, 0.2) is 48.7 Å². The Morgan fingerprint density at radius 2 is 2.04 bits per heavy atom. The van der Waals surface area contributed by atoms with Gasteiger partial charge in [0.1, 0.15) is 17.6 Å². The van der Waals surface area contributed by atoms with Crippen LogP contribution in [-0.2, 0) is 0 Å². The minimum Gasteiger partial charge on any atom is -0.507 e. The molecule has 0 unspecified atom stereocenters. The van der Waals surface area contributed by atoms with Gasteiger partial charge in [-0.15, -0.1) is 0 Å². The van der Waals surface area contributed by atoms with Gasteiger partial charge in [-0.1, -0.05) is 6.07 Å². The predicted molar refractivity (Wildman–Crippen MR) is 87.9 cm³/mol. The second-order valence-corrected chi connectivity index (χ2v) is 4.80. The van der Waals surface area contributed by atoms with Crippen LogP contribution in [0.5, 0.6) is 11.6 Å². The number of ether oxygens (including phenoxy) is 1. The maximum absolute atomic E-state index is 9.59. The van der Waals surface area contributed by atoms with Gasteiger partial charge in [0.15, 0.2) is 0 Å². The zero-order valence-corrected chi connectivity index (χ0v) is 12.8. The van der Waals surface area contributed by atoms with Gasteiger partial charge in [-0.05, 0) is 30.3 Å². The fraction of sp³-hybridized carbons (Fsp3) is 0.0588. The number of nitriles is 1. The third-order valence-electron chi connectivity index (χ3n) is 3.24. The van der Waals surface area contributed by atoms with E-state index >= 15 is 0 Å². The molecule has 2 heterocycles. The third-order valence-corrected chi connectivity index (χ3v) is 3.24. The van der Waals surface area contributed by atoms with Crippen LogP contribution in [0.3, 0.4) is 0 Å². The van der Waals surface area contributed by atoms with Crippen molar-refractivity contribution < 1.29 is 9.84 Å². The molecular weight excluding hydrogens is 306 g/mol. The Labute approximate surface area is 138 Å². The number of nitrogens with zero attached hydrogens (tertiary/aromatic N) is 4. The Kier molecular flexibility index (Phi) is 4.21. The predicted octanol–water partition coefficient (Wildman–Crippen LogP) is 2.87. The molecule has 0 spiro atoms. The summed E-state index contributed by atoms with van der Waals surface area (Å²) in [4.78, 5) is 12.8. The fourth-order valence-corrected chi connectivity index (χ4v) is 2.08. The van der Waals surface area contributed by atoms with E-state index in [0.717, 1.165) is 0 Å². The first-order valence-corrected chi connectivity index (χ1v) is 7.04. The highest BCUT2D eigenvalue weighted by atomic mass is 16.5. The summed E-state index contributed by atoms with van der Waals surface area (Å²) >= 11 is 0. The highest BCUT2D eigenvalue weighted by Gasteiger charge is 2.07. The summed E-state index contributed by atoms with van der Waals surface area (Å²) in [6.45, 7) is 0. The number of nitrogens with one attached hydrogen (secondary N) is 1. The molecule has 0 aliphatic heterocycles. The average molecular weight is 319 g/mol. The average Bonchev–Trinajstić information content (AvgIpc) is 2.62. The standard InChI is InChI=1S/C17H13N5O2/c1-24-16-4-2-3-15(21-16)22-17-19-8-7-13(20-17)11-5-6-14(23)12(9-11)10-18/h2-9,23H,1H3,(H,19,20,21,22). The molecule has 118 valence electrons. The lowest BCUT2D eigenvalue weighted by atomic mass is 10.1. The summed E-state index contributed by atoms with van der Waals surface area (Å²) in [6, 6.07) is 13.7. The van der Waals surface area contributed by atoms with Gasteiger partial charge in [0.05, 0.1) is 18.4 Å². The van der Waals surface area contributed by atoms with Gasteiger partial charge in [-0.3, -0.25) is 0 Å². The molecule has 3 rings (SSSR count). The number of aromatic nitrogens is 3. The van der Waals surface area contributed by atoms with Gasteiger partial charge in [0.25, 0.3) is 0 Å². The summed E-state index contributed by atoms with van der Waals surface area (Å²) in [7, 11) is 1.54. The molecule has 3 aromatic rings. The van der Waals surface area contributed by atoms with Crippen LogP contribution in [0.4, 0.5) is 11.8 Å². The molecule has 7 heteroatoms. The molecule has 0 aliphatic carbocycles. The van der Waals surface area contributed by atoms with Crippen LogP contribution >= 0.6 is 0 Å². The van der Waals surface area contributed by atoms with Crippen molar-refractivity contribution in [3.05, 3.63) is 54.2 Å². The topological polar surface area (TPSA) is 104 Å². The molecule has 24 heavy (non-hydrogen) atoms. The minimum absolute atomic E-state index is 0.0609. The highest BCUT2D eigenvalue weighted by Crippen LogP contribution is 2.25. The van der Waals surface area contributed by atoms with Crippen LogP contribution in [0, 0.1) is 11.3 Å². The lowest BCUT2D eigenvalue weighted by molar-refractivity contribution is 0.398. The van der Waals surface area contributed by atoms with Crippen LogP contribution in [0.1, 0.15) is 5.56 Å². The molecule has 0 fully saturated rings. The summed E-state index contributed by atoms with van der Waals surface area (Å²) in [5.74, 6) is 1.33. The van der Waals surface area contributed by atoms with Crippen LogP contribution in [-0.4, -0.2) is 27.2 Å². The number of hydrogen-bond donors (Lipinski definition) is 2. The molecule has 0 saturated carbocycles. The largest absolute Gasteiger partial charge is 0.507 e. The number of phenols is 1. The number of hydrogen-bond acceptors (Lipinski definition) is 7. The number of methoxy groups -OCH3 is 1. The van der Waals surface area contributed by atoms with E-state index < -0.39 is 0 Å². The Bertz CT molecular complexity index is 921. The van der Waals surface area contributed by atoms with Crippen molar-refractivity contribution >= 4 is 11.8 Å². The number of pyridine rings is 1. The number of benzene rings is 1. The normalized spacial score (nSPS) is 10.0. The van der Waals surface area contributed by atoms with E-state index in [0.29, 0.717) is 28.9 Å². The molecule has 1 aromatic carbocycles. The van der Waals surface area contributed by atoms with Crippen molar-refractivity contribution in [3.63, 3.8) is 0 Å². The zero-order chi connectivity index (χ0) is 16.9. The number of phenolic OH excluding ortho intramolecular Hbond substituents is 1. The molecule has 0 amide bonds. The first-order valence-electron chi connectivity index (χ1n) is 7.04. The van der Waals surface area contributed by atoms with E-state index in [1.807, 2.05) is 6.07 Å². The summed E-state index contributed by atoms with van der Waals surface area (Å²) in [5.41, 5.74) is 1.51. The van der Waals surface area contributed by atoms with Gasteiger partial charge < -0.3 is 15.2 Å². The second kappa shape index (κ2) is 6.62. The summed E-state index contributed by atoms with van der Waals surface area (Å²) < 4.78 is 5.08. The Morgan fingerprint density at radius 3 is 2.83 bits per heavy atom. The van der Waals surface area contributed by atoms with Gasteiger partial charge >= 0.3 is 0 Å². The second-order valence-electron chi connectivity index (χ2n) is 4.80. The molecule has 0 radical (unpaired) electrons. The molecule has 0 bridgehead atoms. The maximum Gasteiger partial charge on any atom is 0.228 e. The van der Waals surface area contributed by atoms with E-state index in [2.05, 4.69) is 20.3 Å². The first kappa shape index (κ1) is 15.2. The fourth-order valence-electron chi connectivity index (χ4n) is 2.08. The SMILES string of the molecule is COc1cccc(Nc2nccc(-c3ccc(O)c(C#N)c3)n2)n1. The molecule has 2 aromatic heterocycles. The minimum atomic E-state index is -0.0609. The summed E-state index contributed by atoms with van der Waals surface area (Å²) in [5, 5.41) is 21.6. The van der Waals surface area contributed by atoms with E-state index in [4.69, 9.17) is 10.00 Å². The van der Waals surface area contributed by atoms with E-state index in [9.17, 15) is 5.11 Å². The lowest BCUT2D eigenvalue weighted by Gasteiger charge is -2.07. The van der Waals surface area contributed by atoms with Crippen molar-refractivity contribution in [2.75, 3.05) is 12.4 Å². The number of rotatable bonds is 4. The monoisotopic (exact) mass is 319 g/mol. The third kappa shape index (κ3) is 3.23. The molecule has 0 saturated heterocycles. The Morgan fingerprint density at radius 1 is 1.17 bits per heavy atom. The van der Waals surface area contributed by atoms with Crippen LogP contribution < -0.4 is 10.1 Å². The van der Waals surface area contributed by atoms with Gasteiger partial charge in [-0.25, -0.2) is 9.97 Å². The smallest absolute Gasteiger partial charge is 0.228 e. The Hall–Kier alpha value is -3.66. The first-order chi connectivity index (χ1) is 11.7. The number of anilines is 2. The van der Waals surface area contributed by atoms with Gasteiger partial charge in [0, 0.05) is 17.8 Å². The van der Waals surface area contributed by atoms with Crippen molar-refractivity contribution in [3.8, 4) is 29.0 Å². The summed E-state index contributed by atoms with van der Waals surface area (Å²) in [6.07, 6.45) is 1.60. The van der Waals surface area contributed by atoms with E-state index in [1.165, 1.54) is 6.07 Å². The van der Waals surface area contributed by atoms with Crippen molar-refractivity contribution in [1.82, 2.24) is 15.0 Å². The molecular formula is C17H13N5O2. The van der Waals surface area contributed by atoms with E-state index in [1.54, 1.807) is 49.7 Å². The zero-order valence-electron chi connectivity index (χ0n) is 12.8. The van der Waals surface area contributed by atoms with Crippen LogP contribution in [0.25, 0.3) is 11.3 Å². The molecule has 7 nitrogen and oxygen atoms in total. The van der Waals surface area contributed by atoms with Gasteiger partial charge in [-0.2, -0.15) is 10.2 Å². The Balaban J connectivity index is 1.90. The quantitative estimate of drug-likeness (QED) is 0.762. The van der Waals surface area contributed by atoms with Gasteiger partial charge in [0.2, 0.25) is 11.8 Å². The molecule has 0 aliphatic rings. The van der Waals surface area contributed by atoms with Crippen LogP contribution in [0.2, 0.25) is 0 Å². The lowest BCUT2D eigenvalue weighted by Crippen LogP contribution is -2.00. The van der Waals surface area contributed by atoms with E-state index in [-0.39, 0.29) is 11.3 Å². The van der Waals surface area contributed by atoms with Crippen molar-refractivity contribution in [2.24, 2.45) is 0 Å². The number of aromatic hydroxyl groups is 1. The van der Waals surface area contributed by atoms with Crippen molar-refractivity contribution in [2.45, 2.75) is 0 Å². The maximum atomic E-state index is 9.59. The highest BCUT2D eigenvalue weighted by molar-refractivity contribution is 5.65.